The molecule has 0 aliphatic carbocycles. The van der Waals surface area contributed by atoms with E-state index in [0.717, 1.165) is 30.6 Å². The maximum Gasteiger partial charge on any atom is 0.265 e. The van der Waals surface area contributed by atoms with Crippen molar-refractivity contribution in [2.75, 3.05) is 31.5 Å². The number of pyridine rings is 1. The van der Waals surface area contributed by atoms with E-state index in [-0.39, 0.29) is 22.2 Å². The molecule has 3 N–H and O–H groups in total. The number of ether oxygens (including phenoxy) is 1. The van der Waals surface area contributed by atoms with Gasteiger partial charge in [0.05, 0.1) is 30.3 Å². The normalized spacial score (nSPS) is 16.4. The Hall–Kier alpha value is -2.91. The van der Waals surface area contributed by atoms with Gasteiger partial charge in [0.1, 0.15) is 10.6 Å². The fourth-order valence-electron chi connectivity index (χ4n) is 3.52. The van der Waals surface area contributed by atoms with Gasteiger partial charge in [-0.2, -0.15) is 0 Å². The van der Waals surface area contributed by atoms with Crippen LogP contribution in [-0.2, 0) is 16.4 Å². The summed E-state index contributed by atoms with van der Waals surface area (Å²) in [4.78, 5) is 16.3. The van der Waals surface area contributed by atoms with E-state index < -0.39 is 10.0 Å². The predicted octanol–water partition coefficient (Wildman–Crippen LogP) is 1.55. The van der Waals surface area contributed by atoms with Gasteiger partial charge in [-0.05, 0) is 42.3 Å². The van der Waals surface area contributed by atoms with Crippen LogP contribution in [0.15, 0.2) is 41.4 Å². The minimum Gasteiger partial charge on any atom is -0.495 e. The summed E-state index contributed by atoms with van der Waals surface area (Å²) in [5.74, 6) is -0.00309. The zero-order chi connectivity index (χ0) is 20.4. The number of rotatable bonds is 5. The molecule has 0 unspecified atom stereocenters. The van der Waals surface area contributed by atoms with Crippen LogP contribution >= 0.6 is 0 Å². The molecule has 0 spiro atoms. The van der Waals surface area contributed by atoms with Crippen LogP contribution in [0.3, 0.4) is 0 Å². The van der Waals surface area contributed by atoms with E-state index >= 15 is 0 Å². The molecule has 4 rings (SSSR count). The predicted molar refractivity (Wildman–Crippen MR) is 110 cm³/mol. The molecule has 8 nitrogen and oxygen atoms in total. The van der Waals surface area contributed by atoms with Crippen LogP contribution in [0.2, 0.25) is 0 Å². The molecule has 3 heterocycles. The quantitative estimate of drug-likeness (QED) is 0.685. The van der Waals surface area contributed by atoms with Crippen molar-refractivity contribution in [1.29, 1.82) is 0 Å². The Bertz CT molecular complexity index is 1100. The van der Waals surface area contributed by atoms with Gasteiger partial charge in [0.2, 0.25) is 0 Å². The van der Waals surface area contributed by atoms with Crippen molar-refractivity contribution in [2.45, 2.75) is 17.7 Å². The Kier molecular flexibility index (Phi) is 5.25. The van der Waals surface area contributed by atoms with Crippen molar-refractivity contribution in [1.82, 2.24) is 15.6 Å². The summed E-state index contributed by atoms with van der Waals surface area (Å²) in [5.41, 5.74) is 3.21. The average Bonchev–Trinajstić information content (AvgIpc) is 2.74. The molecule has 1 aromatic heterocycles. The van der Waals surface area contributed by atoms with E-state index in [0.29, 0.717) is 24.2 Å². The second-order valence-electron chi connectivity index (χ2n) is 6.88. The van der Waals surface area contributed by atoms with Gasteiger partial charge in [-0.1, -0.05) is 12.1 Å². The zero-order valence-electron chi connectivity index (χ0n) is 16.0. The van der Waals surface area contributed by atoms with Crippen LogP contribution < -0.4 is 20.1 Å². The molecule has 2 aliphatic rings. The van der Waals surface area contributed by atoms with Crippen LogP contribution in [0, 0.1) is 0 Å². The summed E-state index contributed by atoms with van der Waals surface area (Å²) in [6.07, 6.45) is 4.93. The Labute approximate surface area is 169 Å². The monoisotopic (exact) mass is 414 g/mol. The molecule has 0 saturated heterocycles. The highest BCUT2D eigenvalue weighted by Gasteiger charge is 2.24. The molecular weight excluding hydrogens is 392 g/mol. The Morgan fingerprint density at radius 1 is 1.17 bits per heavy atom. The maximum absolute atomic E-state index is 13.1. The van der Waals surface area contributed by atoms with E-state index in [1.54, 1.807) is 12.1 Å². The van der Waals surface area contributed by atoms with E-state index in [1.165, 1.54) is 19.4 Å². The van der Waals surface area contributed by atoms with Crippen molar-refractivity contribution in [3.8, 4) is 5.75 Å². The van der Waals surface area contributed by atoms with Gasteiger partial charge < -0.3 is 15.4 Å². The highest BCUT2D eigenvalue weighted by Crippen LogP contribution is 2.31. The lowest BCUT2D eigenvalue weighted by Crippen LogP contribution is -2.32. The average molecular weight is 414 g/mol. The molecule has 0 bridgehead atoms. The van der Waals surface area contributed by atoms with Crippen LogP contribution in [0.4, 0.5) is 5.69 Å². The van der Waals surface area contributed by atoms with Gasteiger partial charge in [0.15, 0.2) is 0 Å². The van der Waals surface area contributed by atoms with Crippen molar-refractivity contribution in [3.63, 3.8) is 0 Å². The highest BCUT2D eigenvalue weighted by atomic mass is 32.2. The van der Waals surface area contributed by atoms with Gasteiger partial charge in [-0.25, -0.2) is 8.42 Å². The molecule has 2 aromatic rings. The molecule has 1 amide bonds. The molecule has 9 heteroatoms. The number of aromatic nitrogens is 1. The first-order chi connectivity index (χ1) is 14.0. The van der Waals surface area contributed by atoms with Crippen molar-refractivity contribution in [3.05, 3.63) is 53.4 Å². The van der Waals surface area contributed by atoms with E-state index in [9.17, 15) is 13.2 Å². The number of hydrogen-bond donors (Lipinski definition) is 3. The number of anilines is 1. The number of carbonyl (C=O) groups excluding carboxylic acids is 1. The molecule has 0 fully saturated rings. The maximum atomic E-state index is 13.1. The largest absolute Gasteiger partial charge is 0.495 e. The van der Waals surface area contributed by atoms with Gasteiger partial charge in [0.25, 0.3) is 15.9 Å². The van der Waals surface area contributed by atoms with Crippen molar-refractivity contribution >= 4 is 27.2 Å². The summed E-state index contributed by atoms with van der Waals surface area (Å²) >= 11 is 0. The molecule has 0 radical (unpaired) electrons. The number of nitrogens with zero attached hydrogens (tertiary/aromatic N) is 1. The number of hydrogen-bond acceptors (Lipinski definition) is 6. The number of benzene rings is 1. The number of fused-ring (bicyclic) bond motifs is 1. The van der Waals surface area contributed by atoms with E-state index in [1.807, 2.05) is 6.07 Å². The van der Waals surface area contributed by atoms with Gasteiger partial charge in [0, 0.05) is 19.5 Å². The summed E-state index contributed by atoms with van der Waals surface area (Å²) in [7, 11) is -2.52. The number of nitrogens with one attached hydrogen (secondary N) is 3. The van der Waals surface area contributed by atoms with Crippen molar-refractivity contribution in [2.24, 2.45) is 0 Å². The van der Waals surface area contributed by atoms with Crippen LogP contribution in [0.5, 0.6) is 5.75 Å². The van der Waals surface area contributed by atoms with Crippen molar-refractivity contribution < 1.29 is 17.9 Å². The second-order valence-corrected chi connectivity index (χ2v) is 8.53. The summed E-state index contributed by atoms with van der Waals surface area (Å²) in [5, 5.41) is 5.98. The third-order valence-electron chi connectivity index (χ3n) is 5.00. The number of sulfonamides is 1. The number of carbonyl (C=O) groups is 1. The van der Waals surface area contributed by atoms with Crippen LogP contribution in [0.25, 0.3) is 5.57 Å². The molecule has 0 saturated carbocycles. The van der Waals surface area contributed by atoms with E-state index in [4.69, 9.17) is 4.74 Å². The number of amides is 1. The minimum atomic E-state index is -3.95. The Balaban J connectivity index is 1.69. The third-order valence-corrected chi connectivity index (χ3v) is 6.40. The molecule has 2 aliphatic heterocycles. The molecular formula is C20H22N4O4S. The topological polar surface area (TPSA) is 109 Å². The van der Waals surface area contributed by atoms with Crippen LogP contribution in [-0.4, -0.2) is 46.1 Å². The first-order valence-corrected chi connectivity index (χ1v) is 10.8. The first kappa shape index (κ1) is 19.4. The zero-order valence-corrected chi connectivity index (χ0v) is 16.8. The van der Waals surface area contributed by atoms with Gasteiger partial charge >= 0.3 is 0 Å². The summed E-state index contributed by atoms with van der Waals surface area (Å²) in [6, 6.07) is 6.65. The molecule has 0 atom stereocenters. The standard InChI is InChI=1S/C20H22N4O4S/c1-28-18-3-2-14(13-4-7-21-8-5-13)10-19(18)29(26,27)24-15-11-16-17(23-12-15)6-9-22-20(16)25/h2-4,10-12,21,24H,5-9H2,1H3,(H,22,25). The third kappa shape index (κ3) is 3.96. The summed E-state index contributed by atoms with van der Waals surface area (Å²) < 4.78 is 34.0. The lowest BCUT2D eigenvalue weighted by Gasteiger charge is -2.18. The fourth-order valence-corrected chi connectivity index (χ4v) is 4.75. The van der Waals surface area contributed by atoms with Gasteiger partial charge in [-0.15, -0.1) is 0 Å². The van der Waals surface area contributed by atoms with E-state index in [2.05, 4.69) is 26.4 Å². The smallest absolute Gasteiger partial charge is 0.265 e. The van der Waals surface area contributed by atoms with Crippen LogP contribution in [0.1, 0.15) is 28.0 Å². The minimum absolute atomic E-state index is 0.0408. The fraction of sp³-hybridized carbons (Fsp3) is 0.300. The highest BCUT2D eigenvalue weighted by molar-refractivity contribution is 7.92. The molecule has 29 heavy (non-hydrogen) atoms. The number of methoxy groups -OCH3 is 1. The SMILES string of the molecule is COc1ccc(C2=CCNCC2)cc1S(=O)(=O)Nc1cnc2c(c1)C(=O)NCC2. The lowest BCUT2D eigenvalue weighted by atomic mass is 10.0. The molecule has 1 aromatic carbocycles. The Morgan fingerprint density at radius 3 is 2.79 bits per heavy atom. The second kappa shape index (κ2) is 7.84. The first-order valence-electron chi connectivity index (χ1n) is 9.36. The Morgan fingerprint density at radius 2 is 2.03 bits per heavy atom. The molecule has 152 valence electrons. The summed E-state index contributed by atoms with van der Waals surface area (Å²) in [6.45, 7) is 2.13. The lowest BCUT2D eigenvalue weighted by molar-refractivity contribution is 0.0945. The van der Waals surface area contributed by atoms with Gasteiger partial charge in [-0.3, -0.25) is 14.5 Å².